The van der Waals surface area contributed by atoms with Crippen LogP contribution in [0.25, 0.3) is 11.0 Å². The van der Waals surface area contributed by atoms with Gasteiger partial charge in [-0.15, -0.1) is 0 Å². The number of hydrogen-bond donors (Lipinski definition) is 2. The quantitative estimate of drug-likeness (QED) is 0.435. The summed E-state index contributed by atoms with van der Waals surface area (Å²) in [6.45, 7) is 6.41. The highest BCUT2D eigenvalue weighted by molar-refractivity contribution is 5.93. The molecule has 0 aliphatic heterocycles. The minimum atomic E-state index is -1.11. The van der Waals surface area contributed by atoms with E-state index in [1.807, 2.05) is 13.8 Å². The molecule has 0 radical (unpaired) electrons. The van der Waals surface area contributed by atoms with E-state index in [9.17, 15) is 14.8 Å². The number of esters is 1. The summed E-state index contributed by atoms with van der Waals surface area (Å²) < 4.78 is 10.2. The first kappa shape index (κ1) is 18.1. The Balaban J connectivity index is 2.19. The number of carbonyl (C=O) groups excluding carboxylic acids is 1. The molecule has 0 fully saturated rings. The molecule has 2 N–H and O–H groups in total. The molecule has 24 heavy (non-hydrogen) atoms. The van der Waals surface area contributed by atoms with Crippen molar-refractivity contribution in [1.82, 2.24) is 4.90 Å². The van der Waals surface area contributed by atoms with Crippen molar-refractivity contribution in [1.29, 1.82) is 0 Å². The van der Waals surface area contributed by atoms with Crippen molar-refractivity contribution < 1.29 is 24.4 Å². The van der Waals surface area contributed by atoms with Gasteiger partial charge in [0.1, 0.15) is 17.8 Å². The monoisotopic (exact) mass is 336 g/mol. The fourth-order valence-electron chi connectivity index (χ4n) is 2.28. The van der Waals surface area contributed by atoms with Gasteiger partial charge >= 0.3 is 11.6 Å². The van der Waals surface area contributed by atoms with Gasteiger partial charge in [0.05, 0.1) is 0 Å². The van der Waals surface area contributed by atoms with Gasteiger partial charge in [-0.3, -0.25) is 0 Å². The summed E-state index contributed by atoms with van der Waals surface area (Å²) in [6.07, 6.45) is 0. The highest BCUT2D eigenvalue weighted by Crippen LogP contribution is 2.17. The van der Waals surface area contributed by atoms with Gasteiger partial charge in [-0.2, -0.15) is 5.23 Å². The number of rotatable bonds is 7. The van der Waals surface area contributed by atoms with Crippen molar-refractivity contribution in [2.45, 2.75) is 13.8 Å². The second-order valence-electron chi connectivity index (χ2n) is 5.17. The van der Waals surface area contributed by atoms with E-state index in [2.05, 4.69) is 4.90 Å². The summed E-state index contributed by atoms with van der Waals surface area (Å²) in [5.41, 5.74) is -0.801. The summed E-state index contributed by atoms with van der Waals surface area (Å²) in [6, 6.07) is 5.35. The molecule has 1 unspecified atom stereocenters. The normalized spacial score (nSPS) is 12.5. The smallest absolute Gasteiger partial charge is 0.351 e. The Morgan fingerprint density at radius 2 is 2.04 bits per heavy atom. The predicted molar refractivity (Wildman–Crippen MR) is 86.3 cm³/mol. The van der Waals surface area contributed by atoms with E-state index >= 15 is 0 Å². The molecule has 0 saturated heterocycles. The third-order valence-corrected chi connectivity index (χ3v) is 3.73. The van der Waals surface area contributed by atoms with Gasteiger partial charge in [-0.05, 0) is 25.2 Å². The molecular weight excluding hydrogens is 316 g/mol. The van der Waals surface area contributed by atoms with Crippen LogP contribution in [-0.2, 0) is 4.74 Å². The number of quaternary nitrogens is 1. The van der Waals surface area contributed by atoms with Crippen LogP contribution in [0.3, 0.4) is 0 Å². The Hall–Kier alpha value is -2.26. The van der Waals surface area contributed by atoms with Crippen LogP contribution in [0, 0.1) is 5.21 Å². The van der Waals surface area contributed by atoms with Gasteiger partial charge in [0, 0.05) is 24.1 Å². The molecule has 2 aromatic rings. The Labute approximate surface area is 138 Å². The van der Waals surface area contributed by atoms with E-state index in [-0.39, 0.29) is 23.4 Å². The Morgan fingerprint density at radius 1 is 1.33 bits per heavy atom. The molecular formula is C16H20N2O6. The number of fused-ring (bicyclic) bond motifs is 1. The number of nitrogens with one attached hydrogen (secondary N) is 1. The Bertz CT molecular complexity index is 767. The van der Waals surface area contributed by atoms with Crippen LogP contribution in [0.2, 0.25) is 0 Å². The molecule has 8 heteroatoms. The first-order chi connectivity index (χ1) is 11.5. The van der Waals surface area contributed by atoms with Crippen LogP contribution < -0.4 is 10.9 Å². The summed E-state index contributed by atoms with van der Waals surface area (Å²) in [5, 5.41) is 19.3. The fourth-order valence-corrected chi connectivity index (χ4v) is 2.28. The largest absolute Gasteiger partial charge is 0.595 e. The summed E-state index contributed by atoms with van der Waals surface area (Å²) in [5.74, 6) is -0.779. The van der Waals surface area contributed by atoms with Gasteiger partial charge in [-0.1, -0.05) is 13.8 Å². The molecule has 0 aliphatic rings. The lowest BCUT2D eigenvalue weighted by Crippen LogP contribution is -2.99. The third-order valence-electron chi connectivity index (χ3n) is 3.73. The molecule has 8 nitrogen and oxygen atoms in total. The van der Waals surface area contributed by atoms with Gasteiger partial charge < -0.3 is 19.3 Å². The molecule has 0 aliphatic carbocycles. The van der Waals surface area contributed by atoms with E-state index in [1.165, 1.54) is 24.3 Å². The third kappa shape index (κ3) is 4.18. The van der Waals surface area contributed by atoms with E-state index in [1.54, 1.807) is 0 Å². The van der Waals surface area contributed by atoms with Crippen LogP contribution in [0.15, 0.2) is 33.5 Å². The second-order valence-corrected chi connectivity index (χ2v) is 5.17. The maximum atomic E-state index is 12.1. The zero-order valence-corrected chi connectivity index (χ0v) is 13.6. The molecule has 1 aromatic heterocycles. The van der Waals surface area contributed by atoms with E-state index in [0.29, 0.717) is 11.9 Å². The molecule has 1 aromatic carbocycles. The number of ether oxygens (including phenoxy) is 1. The lowest BCUT2D eigenvalue weighted by Gasteiger charge is -2.17. The van der Waals surface area contributed by atoms with Crippen molar-refractivity contribution in [2.24, 2.45) is 0 Å². The highest BCUT2D eigenvalue weighted by Gasteiger charge is 2.16. The van der Waals surface area contributed by atoms with Crippen LogP contribution >= 0.6 is 0 Å². The average molecular weight is 336 g/mol. The van der Waals surface area contributed by atoms with Gasteiger partial charge in [0.2, 0.25) is 0 Å². The lowest BCUT2D eigenvalue weighted by atomic mass is 10.1. The van der Waals surface area contributed by atoms with Crippen molar-refractivity contribution in [3.63, 3.8) is 0 Å². The minimum Gasteiger partial charge on any atom is -0.595 e. The molecule has 1 atom stereocenters. The molecule has 1 heterocycles. The van der Waals surface area contributed by atoms with Crippen LogP contribution in [0.4, 0.5) is 5.69 Å². The minimum absolute atomic E-state index is 0.0391. The van der Waals surface area contributed by atoms with Gasteiger partial charge in [-0.25, -0.2) is 14.8 Å². The van der Waals surface area contributed by atoms with Crippen LogP contribution in [-0.4, -0.2) is 42.3 Å². The lowest BCUT2D eigenvalue weighted by molar-refractivity contribution is -0.991. The first-order valence-corrected chi connectivity index (χ1v) is 7.67. The van der Waals surface area contributed by atoms with E-state index in [4.69, 9.17) is 14.4 Å². The predicted octanol–water partition coefficient (Wildman–Crippen LogP) is 0.695. The summed E-state index contributed by atoms with van der Waals surface area (Å²) in [4.78, 5) is 26.1. The van der Waals surface area contributed by atoms with Crippen molar-refractivity contribution in [3.05, 3.63) is 45.5 Å². The van der Waals surface area contributed by atoms with Gasteiger partial charge in [0.15, 0.2) is 5.69 Å². The summed E-state index contributed by atoms with van der Waals surface area (Å²) >= 11 is 0. The maximum absolute atomic E-state index is 12.1. The number of likely N-dealkylation sites (N-methyl/N-ethyl adjacent to an activating group) is 1. The van der Waals surface area contributed by atoms with Crippen molar-refractivity contribution >= 4 is 22.6 Å². The number of nitrogens with zero attached hydrogens (tertiary/aromatic N) is 1. The Morgan fingerprint density at radius 3 is 2.67 bits per heavy atom. The molecule has 2 rings (SSSR count). The van der Waals surface area contributed by atoms with Crippen molar-refractivity contribution in [2.75, 3.05) is 26.2 Å². The molecule has 0 saturated carbocycles. The van der Waals surface area contributed by atoms with Crippen molar-refractivity contribution in [3.8, 4) is 0 Å². The number of benzene rings is 1. The average Bonchev–Trinajstić information content (AvgIpc) is 2.57. The van der Waals surface area contributed by atoms with Crippen LogP contribution in [0.1, 0.15) is 24.2 Å². The molecule has 0 bridgehead atoms. The SMILES string of the molecule is CCN(CC)CCOC(=O)c1cc2cc([NH+]([O-])O)ccc2oc1=O. The molecule has 0 spiro atoms. The fraction of sp³-hybridized carbons (Fsp3) is 0.375. The zero-order valence-electron chi connectivity index (χ0n) is 13.6. The highest BCUT2D eigenvalue weighted by atomic mass is 16.8. The van der Waals surface area contributed by atoms with Gasteiger partial charge in [0.25, 0.3) is 0 Å². The zero-order chi connectivity index (χ0) is 17.7. The Kier molecular flexibility index (Phi) is 6.04. The number of hydrogen-bond acceptors (Lipinski definition) is 7. The maximum Gasteiger partial charge on any atom is 0.351 e. The molecule has 0 amide bonds. The first-order valence-electron chi connectivity index (χ1n) is 7.67. The standard InChI is InChI=1S/C16H20N2O6/c1-3-17(4-2)7-8-23-15(19)13-10-11-9-12(18(21)22)5-6-14(11)24-16(13)20/h5-6,9-10,18,21H,3-4,7-8H2,1-2H3. The summed E-state index contributed by atoms with van der Waals surface area (Å²) in [7, 11) is 0. The topological polar surface area (TPSA) is 107 Å². The molecule has 130 valence electrons. The van der Waals surface area contributed by atoms with E-state index in [0.717, 1.165) is 13.1 Å². The van der Waals surface area contributed by atoms with Crippen LogP contribution in [0.5, 0.6) is 0 Å². The number of carbonyl (C=O) groups is 1. The second kappa shape index (κ2) is 8.02. The van der Waals surface area contributed by atoms with E-state index < -0.39 is 16.8 Å².